The summed E-state index contributed by atoms with van der Waals surface area (Å²) in [7, 11) is 0. The van der Waals surface area contributed by atoms with E-state index in [2.05, 4.69) is 15.6 Å². The topological polar surface area (TPSA) is 141 Å². The molecule has 2 amide bonds. The van der Waals surface area contributed by atoms with Gasteiger partial charge in [0, 0.05) is 18.3 Å². The van der Waals surface area contributed by atoms with E-state index < -0.39 is 17.9 Å². The lowest BCUT2D eigenvalue weighted by atomic mass is 9.85. The van der Waals surface area contributed by atoms with Crippen LogP contribution in [0, 0.1) is 22.6 Å². The summed E-state index contributed by atoms with van der Waals surface area (Å²) in [4.78, 5) is 17.1. The number of pyridine rings is 1. The van der Waals surface area contributed by atoms with E-state index in [1.54, 1.807) is 24.4 Å². The van der Waals surface area contributed by atoms with E-state index in [9.17, 15) is 9.18 Å². The molecule has 6 N–H and O–H groups in total. The van der Waals surface area contributed by atoms with Crippen LogP contribution in [0.4, 0.5) is 9.18 Å². The molecule has 0 saturated heterocycles. The average Bonchev–Trinajstić information content (AvgIpc) is 2.83. The van der Waals surface area contributed by atoms with Gasteiger partial charge in [0.2, 0.25) is 0 Å². The van der Waals surface area contributed by atoms with Crippen molar-refractivity contribution < 1.29 is 13.9 Å². The van der Waals surface area contributed by atoms with Crippen molar-refractivity contribution >= 4 is 18.1 Å². The number of allylic oxidation sites excluding steroid dienone is 1. The van der Waals surface area contributed by atoms with Crippen LogP contribution in [-0.2, 0) is 0 Å². The van der Waals surface area contributed by atoms with Gasteiger partial charge in [-0.2, -0.15) is 0 Å². The number of fused-ring (bicyclic) bond motifs is 1. The van der Waals surface area contributed by atoms with Gasteiger partial charge in [-0.15, -0.1) is 0 Å². The number of nitrogens with one attached hydrogen (secondary N) is 4. The van der Waals surface area contributed by atoms with Crippen LogP contribution in [0.3, 0.4) is 0 Å². The third-order valence-corrected chi connectivity index (χ3v) is 5.83. The molecule has 1 aromatic heterocycles. The number of carbonyl (C=O) groups excluding carboxylic acids is 1. The minimum Gasteiger partial charge on any atom is -0.484 e. The van der Waals surface area contributed by atoms with Crippen LogP contribution in [-0.4, -0.2) is 28.2 Å². The van der Waals surface area contributed by atoms with E-state index >= 15 is 0 Å². The molecule has 0 bridgehead atoms. The SMILES string of the molecule is CC(C)C(=N)n1cc(O[C@@H]2CC[C@H](NC(=O)N/C(C=NC(C)(C)C)=C/N)c3cc(F)ccc32)ccc1=N. The number of carbonyl (C=O) groups is 1. The molecule has 10 heteroatoms. The minimum absolute atomic E-state index is 0.0601. The Bertz CT molecular complexity index is 1270. The molecule has 0 unspecified atom stereocenters. The quantitative estimate of drug-likeness (QED) is 0.289. The van der Waals surface area contributed by atoms with Crippen LogP contribution >= 0.6 is 0 Å². The summed E-state index contributed by atoms with van der Waals surface area (Å²) in [6.45, 7) is 9.57. The molecule has 3 rings (SSSR count). The molecular weight excluding hydrogens is 473 g/mol. The molecule has 0 spiro atoms. The molecule has 9 nitrogen and oxygen atoms in total. The molecule has 1 aliphatic carbocycles. The Morgan fingerprint density at radius 2 is 1.97 bits per heavy atom. The van der Waals surface area contributed by atoms with Crippen LogP contribution < -0.4 is 26.6 Å². The molecule has 198 valence electrons. The van der Waals surface area contributed by atoms with Gasteiger partial charge < -0.3 is 21.1 Å². The first-order valence-corrected chi connectivity index (χ1v) is 12.2. The highest BCUT2D eigenvalue weighted by Gasteiger charge is 2.30. The monoisotopic (exact) mass is 509 g/mol. The molecule has 2 atom stereocenters. The predicted molar refractivity (Wildman–Crippen MR) is 142 cm³/mol. The maximum atomic E-state index is 14.2. The molecule has 0 fully saturated rings. The van der Waals surface area contributed by atoms with Crippen molar-refractivity contribution in [2.75, 3.05) is 0 Å². The molecule has 37 heavy (non-hydrogen) atoms. The summed E-state index contributed by atoms with van der Waals surface area (Å²) in [5, 5.41) is 22.0. The molecule has 1 heterocycles. The van der Waals surface area contributed by atoms with Gasteiger partial charge in [-0.1, -0.05) is 19.9 Å². The number of benzene rings is 1. The molecule has 1 aromatic carbocycles. The Hall–Kier alpha value is -3.95. The summed E-state index contributed by atoms with van der Waals surface area (Å²) in [5.41, 5.74) is 7.25. The fourth-order valence-corrected chi connectivity index (χ4v) is 3.94. The molecular formula is C27H36FN7O2. The van der Waals surface area contributed by atoms with Crippen molar-refractivity contribution in [3.63, 3.8) is 0 Å². The first kappa shape index (κ1) is 27.6. The van der Waals surface area contributed by atoms with Gasteiger partial charge >= 0.3 is 6.03 Å². The minimum atomic E-state index is -0.476. The van der Waals surface area contributed by atoms with Gasteiger partial charge in [0.15, 0.2) is 0 Å². The second-order valence-electron chi connectivity index (χ2n) is 10.3. The normalized spacial score (nSPS) is 18.0. The maximum absolute atomic E-state index is 14.2. The number of ether oxygens (including phenoxy) is 1. The number of amides is 2. The van der Waals surface area contributed by atoms with E-state index in [0.29, 0.717) is 29.9 Å². The maximum Gasteiger partial charge on any atom is 0.319 e. The lowest BCUT2D eigenvalue weighted by molar-refractivity contribution is 0.170. The van der Waals surface area contributed by atoms with Gasteiger partial charge in [0.1, 0.15) is 29.0 Å². The first-order chi connectivity index (χ1) is 17.4. The summed E-state index contributed by atoms with van der Waals surface area (Å²) in [6.07, 6.45) is 5.11. The molecule has 2 aromatic rings. The highest BCUT2D eigenvalue weighted by atomic mass is 19.1. The van der Waals surface area contributed by atoms with E-state index in [1.807, 2.05) is 34.6 Å². The van der Waals surface area contributed by atoms with E-state index in [-0.39, 0.29) is 28.9 Å². The Labute approximate surface area is 216 Å². The lowest BCUT2D eigenvalue weighted by Gasteiger charge is -2.32. The second kappa shape index (κ2) is 11.4. The number of aromatic nitrogens is 1. The molecule has 0 saturated carbocycles. The zero-order valence-corrected chi connectivity index (χ0v) is 21.9. The van der Waals surface area contributed by atoms with Gasteiger partial charge in [0.05, 0.1) is 23.5 Å². The van der Waals surface area contributed by atoms with Gasteiger partial charge in [-0.25, -0.2) is 9.18 Å². The fraction of sp³-hybridized carbons (Fsp3) is 0.407. The highest BCUT2D eigenvalue weighted by Crippen LogP contribution is 2.39. The number of rotatable bonds is 6. The summed E-state index contributed by atoms with van der Waals surface area (Å²) in [6, 6.07) is 6.82. The predicted octanol–water partition coefficient (Wildman–Crippen LogP) is 4.51. The van der Waals surface area contributed by atoms with Crippen LogP contribution in [0.25, 0.3) is 0 Å². The molecule has 0 aliphatic heterocycles. The van der Waals surface area contributed by atoms with Crippen LogP contribution in [0.5, 0.6) is 5.75 Å². The van der Waals surface area contributed by atoms with Crippen LogP contribution in [0.2, 0.25) is 0 Å². The number of hydrogen-bond donors (Lipinski definition) is 5. The fourth-order valence-electron chi connectivity index (χ4n) is 3.94. The summed E-state index contributed by atoms with van der Waals surface area (Å²) >= 11 is 0. The van der Waals surface area contributed by atoms with Crippen molar-refractivity contribution in [3.05, 3.63) is 70.9 Å². The van der Waals surface area contributed by atoms with E-state index in [4.69, 9.17) is 21.3 Å². The largest absolute Gasteiger partial charge is 0.484 e. The Morgan fingerprint density at radius 3 is 2.62 bits per heavy atom. The Morgan fingerprint density at radius 1 is 1.24 bits per heavy atom. The Balaban J connectivity index is 1.79. The second-order valence-corrected chi connectivity index (χ2v) is 10.3. The third kappa shape index (κ3) is 7.28. The van der Waals surface area contributed by atoms with Crippen molar-refractivity contribution in [1.29, 1.82) is 10.8 Å². The van der Waals surface area contributed by atoms with Crippen LogP contribution in [0.1, 0.15) is 70.7 Å². The summed E-state index contributed by atoms with van der Waals surface area (Å²) < 4.78 is 22.0. The summed E-state index contributed by atoms with van der Waals surface area (Å²) in [5.74, 6) is 0.320. The zero-order chi connectivity index (χ0) is 27.3. The van der Waals surface area contributed by atoms with E-state index in [0.717, 1.165) is 5.56 Å². The number of aliphatic imine (C=N–C) groups is 1. The number of urea groups is 1. The number of nitrogens with two attached hydrogens (primary N) is 1. The van der Waals surface area contributed by atoms with Gasteiger partial charge in [-0.05, 0) is 69.0 Å². The average molecular weight is 510 g/mol. The van der Waals surface area contributed by atoms with Crippen molar-refractivity contribution in [1.82, 2.24) is 15.2 Å². The highest BCUT2D eigenvalue weighted by molar-refractivity contribution is 5.87. The zero-order valence-electron chi connectivity index (χ0n) is 21.9. The van der Waals surface area contributed by atoms with Crippen molar-refractivity contribution in [2.45, 2.75) is 65.1 Å². The van der Waals surface area contributed by atoms with Crippen molar-refractivity contribution in [3.8, 4) is 5.75 Å². The number of halogens is 1. The van der Waals surface area contributed by atoms with Crippen molar-refractivity contribution in [2.24, 2.45) is 16.6 Å². The first-order valence-electron chi connectivity index (χ1n) is 12.2. The standard InChI is InChI=1S/C27H36FN7O2/c1-16(2)25(31)35-15-19(7-11-24(35)30)37-23-10-9-22(21-12-17(28)6-8-20(21)23)34-26(36)33-18(13-29)14-32-27(3,4)5/h6-8,11-16,22-23,30-31H,9-10,29H2,1-5H3,(H2,33,34,36)/b18-13+,30-24?,31-25?,32-14?/t22-,23+/m0/s1. The van der Waals surface area contributed by atoms with Gasteiger partial charge in [-0.3, -0.25) is 20.4 Å². The Kier molecular flexibility index (Phi) is 8.52. The van der Waals surface area contributed by atoms with Crippen LogP contribution in [0.15, 0.2) is 53.4 Å². The van der Waals surface area contributed by atoms with Gasteiger partial charge in [0.25, 0.3) is 0 Å². The smallest absolute Gasteiger partial charge is 0.319 e. The number of hydrogen-bond acceptors (Lipinski definition) is 6. The number of nitrogens with zero attached hydrogens (tertiary/aromatic N) is 2. The lowest BCUT2D eigenvalue weighted by Crippen LogP contribution is -2.40. The third-order valence-electron chi connectivity index (χ3n) is 5.83. The van der Waals surface area contributed by atoms with E-state index in [1.165, 1.54) is 29.1 Å². The molecule has 1 aliphatic rings. The molecule has 0 radical (unpaired) electrons.